The lowest BCUT2D eigenvalue weighted by Gasteiger charge is -2.24. The Morgan fingerprint density at radius 1 is 1.20 bits per heavy atom. The standard InChI is InChI=1S/C12H21NO2/c1-8(2)12(15)11(13-9(3)14)10-6-4-5-7-10/h8,10-11H,4-7H2,1-3H3,(H,13,14)/t11-/m0/s1. The summed E-state index contributed by atoms with van der Waals surface area (Å²) < 4.78 is 0. The molecule has 0 bridgehead atoms. The van der Waals surface area contributed by atoms with Crippen molar-refractivity contribution in [1.29, 1.82) is 0 Å². The summed E-state index contributed by atoms with van der Waals surface area (Å²) in [5.74, 6) is 0.448. The number of ketones is 1. The van der Waals surface area contributed by atoms with E-state index >= 15 is 0 Å². The van der Waals surface area contributed by atoms with Gasteiger partial charge in [0.05, 0.1) is 6.04 Å². The second-order valence-corrected chi connectivity index (χ2v) is 4.78. The summed E-state index contributed by atoms with van der Waals surface area (Å²) in [5.41, 5.74) is 0. The fourth-order valence-electron chi connectivity index (χ4n) is 2.29. The topological polar surface area (TPSA) is 46.2 Å². The maximum Gasteiger partial charge on any atom is 0.217 e. The highest BCUT2D eigenvalue weighted by Gasteiger charge is 2.32. The number of amides is 1. The second-order valence-electron chi connectivity index (χ2n) is 4.78. The van der Waals surface area contributed by atoms with Crippen LogP contribution in [0.2, 0.25) is 0 Å². The largest absolute Gasteiger partial charge is 0.346 e. The molecule has 0 spiro atoms. The minimum Gasteiger partial charge on any atom is -0.346 e. The van der Waals surface area contributed by atoms with E-state index in [1.807, 2.05) is 13.8 Å². The van der Waals surface area contributed by atoms with Gasteiger partial charge in [-0.3, -0.25) is 9.59 Å². The minimum absolute atomic E-state index is 0.00227. The van der Waals surface area contributed by atoms with Crippen molar-refractivity contribution in [3.63, 3.8) is 0 Å². The van der Waals surface area contributed by atoms with Crippen molar-refractivity contribution in [2.24, 2.45) is 11.8 Å². The molecule has 0 aromatic rings. The average Bonchev–Trinajstić information content (AvgIpc) is 2.65. The first kappa shape index (κ1) is 12.2. The lowest BCUT2D eigenvalue weighted by Crippen LogP contribution is -2.46. The van der Waals surface area contributed by atoms with Gasteiger partial charge < -0.3 is 5.32 Å². The summed E-state index contributed by atoms with van der Waals surface area (Å²) >= 11 is 0. The summed E-state index contributed by atoms with van der Waals surface area (Å²) in [5, 5.41) is 2.81. The lowest BCUT2D eigenvalue weighted by molar-refractivity contribution is -0.130. The predicted molar refractivity (Wildman–Crippen MR) is 59.4 cm³/mol. The van der Waals surface area contributed by atoms with E-state index in [1.165, 1.54) is 19.8 Å². The Morgan fingerprint density at radius 3 is 2.13 bits per heavy atom. The second kappa shape index (κ2) is 5.29. The molecular formula is C12H21NO2. The van der Waals surface area contributed by atoms with Crippen molar-refractivity contribution < 1.29 is 9.59 Å². The van der Waals surface area contributed by atoms with Gasteiger partial charge in [0, 0.05) is 12.8 Å². The fraction of sp³-hybridized carbons (Fsp3) is 0.833. The number of nitrogens with one attached hydrogen (secondary N) is 1. The maximum absolute atomic E-state index is 12.0. The van der Waals surface area contributed by atoms with E-state index in [0.29, 0.717) is 5.92 Å². The van der Waals surface area contributed by atoms with Gasteiger partial charge in [-0.15, -0.1) is 0 Å². The summed E-state index contributed by atoms with van der Waals surface area (Å²) in [6.45, 7) is 5.27. The zero-order valence-corrected chi connectivity index (χ0v) is 9.88. The Labute approximate surface area is 91.6 Å². The van der Waals surface area contributed by atoms with Gasteiger partial charge in [0.1, 0.15) is 0 Å². The summed E-state index contributed by atoms with van der Waals surface area (Å²) in [7, 11) is 0. The molecule has 3 heteroatoms. The van der Waals surface area contributed by atoms with Gasteiger partial charge in [-0.25, -0.2) is 0 Å². The van der Waals surface area contributed by atoms with Crippen LogP contribution in [-0.4, -0.2) is 17.7 Å². The van der Waals surface area contributed by atoms with Crippen LogP contribution >= 0.6 is 0 Å². The van der Waals surface area contributed by atoms with Crippen LogP contribution in [0.15, 0.2) is 0 Å². The van der Waals surface area contributed by atoms with E-state index in [1.54, 1.807) is 0 Å². The van der Waals surface area contributed by atoms with Crippen molar-refractivity contribution in [3.05, 3.63) is 0 Å². The molecule has 3 nitrogen and oxygen atoms in total. The molecule has 0 radical (unpaired) electrons. The molecule has 1 N–H and O–H groups in total. The number of carbonyl (C=O) groups is 2. The lowest BCUT2D eigenvalue weighted by atomic mass is 9.89. The molecule has 0 heterocycles. The molecular weight excluding hydrogens is 190 g/mol. The minimum atomic E-state index is -0.245. The average molecular weight is 211 g/mol. The van der Waals surface area contributed by atoms with Crippen LogP contribution in [0.3, 0.4) is 0 Å². The molecule has 0 aromatic carbocycles. The van der Waals surface area contributed by atoms with Crippen LogP contribution in [0, 0.1) is 11.8 Å². The highest BCUT2D eigenvalue weighted by Crippen LogP contribution is 2.29. The zero-order chi connectivity index (χ0) is 11.4. The van der Waals surface area contributed by atoms with Gasteiger partial charge in [0.25, 0.3) is 0 Å². The Bertz CT molecular complexity index is 242. The van der Waals surface area contributed by atoms with Crippen LogP contribution in [0.25, 0.3) is 0 Å². The van der Waals surface area contributed by atoms with E-state index in [4.69, 9.17) is 0 Å². The highest BCUT2D eigenvalue weighted by molar-refractivity contribution is 5.89. The van der Waals surface area contributed by atoms with Crippen molar-refractivity contribution in [2.75, 3.05) is 0 Å². The van der Waals surface area contributed by atoms with Crippen LogP contribution in [0.1, 0.15) is 46.5 Å². The number of rotatable bonds is 4. The molecule has 0 unspecified atom stereocenters. The van der Waals surface area contributed by atoms with E-state index in [0.717, 1.165) is 12.8 Å². The van der Waals surface area contributed by atoms with Gasteiger partial charge in [-0.1, -0.05) is 26.7 Å². The first-order valence-electron chi connectivity index (χ1n) is 5.83. The van der Waals surface area contributed by atoms with Crippen molar-refractivity contribution in [2.45, 2.75) is 52.5 Å². The molecule has 1 aliphatic carbocycles. The molecule has 1 fully saturated rings. The van der Waals surface area contributed by atoms with Crippen LogP contribution in [-0.2, 0) is 9.59 Å². The highest BCUT2D eigenvalue weighted by atomic mass is 16.2. The maximum atomic E-state index is 12.0. The Balaban J connectivity index is 2.67. The van der Waals surface area contributed by atoms with Crippen molar-refractivity contribution >= 4 is 11.7 Å². The molecule has 1 rings (SSSR count). The number of hydrogen-bond acceptors (Lipinski definition) is 2. The first-order chi connectivity index (χ1) is 7.02. The number of hydrogen-bond donors (Lipinski definition) is 1. The summed E-state index contributed by atoms with van der Waals surface area (Å²) in [6, 6.07) is -0.245. The monoisotopic (exact) mass is 211 g/mol. The molecule has 1 atom stereocenters. The van der Waals surface area contributed by atoms with Gasteiger partial charge in [-0.2, -0.15) is 0 Å². The first-order valence-corrected chi connectivity index (χ1v) is 5.83. The SMILES string of the molecule is CC(=O)N[C@H](C(=O)C(C)C)C1CCCC1. The van der Waals surface area contributed by atoms with Crippen LogP contribution in [0.4, 0.5) is 0 Å². The zero-order valence-electron chi connectivity index (χ0n) is 9.88. The number of carbonyl (C=O) groups excluding carboxylic acids is 2. The normalized spacial score (nSPS) is 19.2. The summed E-state index contributed by atoms with van der Waals surface area (Å²) in [4.78, 5) is 23.0. The molecule has 1 saturated carbocycles. The third kappa shape index (κ3) is 3.33. The Morgan fingerprint density at radius 2 is 1.73 bits per heavy atom. The van der Waals surface area contributed by atoms with E-state index in [-0.39, 0.29) is 23.7 Å². The smallest absolute Gasteiger partial charge is 0.217 e. The third-order valence-corrected chi connectivity index (χ3v) is 3.11. The van der Waals surface area contributed by atoms with Crippen LogP contribution in [0.5, 0.6) is 0 Å². The molecule has 0 aromatic heterocycles. The van der Waals surface area contributed by atoms with Gasteiger partial charge >= 0.3 is 0 Å². The fourth-order valence-corrected chi connectivity index (χ4v) is 2.29. The molecule has 86 valence electrons. The predicted octanol–water partition coefficient (Wildman–Crippen LogP) is 1.91. The molecule has 15 heavy (non-hydrogen) atoms. The van der Waals surface area contributed by atoms with E-state index in [2.05, 4.69) is 5.32 Å². The van der Waals surface area contributed by atoms with E-state index < -0.39 is 0 Å². The molecule has 0 saturated heterocycles. The molecule has 1 aliphatic rings. The van der Waals surface area contributed by atoms with Gasteiger partial charge in [-0.05, 0) is 18.8 Å². The molecule has 0 aliphatic heterocycles. The Kier molecular flexibility index (Phi) is 4.30. The Hall–Kier alpha value is -0.860. The van der Waals surface area contributed by atoms with Crippen molar-refractivity contribution in [3.8, 4) is 0 Å². The van der Waals surface area contributed by atoms with Gasteiger partial charge in [0.15, 0.2) is 5.78 Å². The quantitative estimate of drug-likeness (QED) is 0.772. The number of Topliss-reactive ketones (excluding diaryl/α,β-unsaturated/α-hetero) is 1. The van der Waals surface area contributed by atoms with Crippen molar-refractivity contribution in [1.82, 2.24) is 5.32 Å². The molecule has 1 amide bonds. The summed E-state index contributed by atoms with van der Waals surface area (Å²) in [6.07, 6.45) is 4.52. The third-order valence-electron chi connectivity index (χ3n) is 3.11. The van der Waals surface area contributed by atoms with E-state index in [9.17, 15) is 9.59 Å². The van der Waals surface area contributed by atoms with Gasteiger partial charge in [0.2, 0.25) is 5.91 Å². The van der Waals surface area contributed by atoms with Crippen LogP contribution < -0.4 is 5.32 Å².